The van der Waals surface area contributed by atoms with E-state index < -0.39 is 11.7 Å². The van der Waals surface area contributed by atoms with E-state index in [4.69, 9.17) is 23.2 Å². The molecule has 0 N–H and O–H groups in total. The maximum atomic E-state index is 12.3. The number of halogens is 5. The van der Waals surface area contributed by atoms with Crippen LogP contribution in [0.2, 0.25) is 10.3 Å². The summed E-state index contributed by atoms with van der Waals surface area (Å²) in [6, 6.07) is 0.753. The van der Waals surface area contributed by atoms with E-state index in [1.807, 2.05) is 0 Å². The Labute approximate surface area is 82.5 Å². The zero-order chi connectivity index (χ0) is 10.2. The van der Waals surface area contributed by atoms with Gasteiger partial charge in [-0.1, -0.05) is 23.2 Å². The van der Waals surface area contributed by atoms with Gasteiger partial charge in [0.05, 0.1) is 5.56 Å². The molecular weight excluding hydrogens is 226 g/mol. The van der Waals surface area contributed by atoms with Crippen molar-refractivity contribution in [1.29, 1.82) is 0 Å². The summed E-state index contributed by atoms with van der Waals surface area (Å²) in [5.74, 6) is 0. The van der Waals surface area contributed by atoms with Crippen LogP contribution in [0, 0.1) is 6.92 Å². The Bertz CT molecular complexity index is 335. The van der Waals surface area contributed by atoms with Gasteiger partial charge in [-0.25, -0.2) is 4.98 Å². The zero-order valence-electron chi connectivity index (χ0n) is 6.41. The third kappa shape index (κ3) is 2.25. The molecule has 0 aliphatic carbocycles. The quantitative estimate of drug-likeness (QED) is 0.619. The number of aromatic nitrogens is 1. The van der Waals surface area contributed by atoms with E-state index in [-0.39, 0.29) is 15.9 Å². The van der Waals surface area contributed by atoms with E-state index in [0.29, 0.717) is 0 Å². The van der Waals surface area contributed by atoms with Crippen LogP contribution in [-0.4, -0.2) is 4.98 Å². The molecule has 0 aliphatic heterocycles. The van der Waals surface area contributed by atoms with Gasteiger partial charge in [-0.15, -0.1) is 0 Å². The molecule has 72 valence electrons. The first-order valence-corrected chi connectivity index (χ1v) is 3.98. The molecule has 0 aliphatic rings. The van der Waals surface area contributed by atoms with Crippen LogP contribution in [0.1, 0.15) is 11.1 Å². The lowest BCUT2D eigenvalue weighted by atomic mass is 10.1. The summed E-state index contributed by atoms with van der Waals surface area (Å²) in [6.45, 7) is 1.24. The van der Waals surface area contributed by atoms with Gasteiger partial charge in [-0.3, -0.25) is 0 Å². The fourth-order valence-corrected chi connectivity index (χ4v) is 1.27. The van der Waals surface area contributed by atoms with E-state index in [1.54, 1.807) is 0 Å². The Morgan fingerprint density at radius 1 is 1.31 bits per heavy atom. The van der Waals surface area contributed by atoms with Gasteiger partial charge in [-0.2, -0.15) is 13.2 Å². The van der Waals surface area contributed by atoms with Gasteiger partial charge in [0, 0.05) is 0 Å². The molecule has 0 saturated carbocycles. The summed E-state index contributed by atoms with van der Waals surface area (Å²) in [5.41, 5.74) is -0.962. The second kappa shape index (κ2) is 3.35. The normalized spacial score (nSPS) is 11.8. The number of pyridine rings is 1. The molecule has 0 bridgehead atoms. The zero-order valence-corrected chi connectivity index (χ0v) is 7.93. The van der Waals surface area contributed by atoms with Crippen molar-refractivity contribution in [1.82, 2.24) is 4.98 Å². The van der Waals surface area contributed by atoms with Crippen LogP contribution in [0.5, 0.6) is 0 Å². The molecule has 13 heavy (non-hydrogen) atoms. The first kappa shape index (κ1) is 10.6. The third-order valence-electron chi connectivity index (χ3n) is 1.49. The molecule has 1 aromatic rings. The maximum Gasteiger partial charge on any atom is 0.416 e. The van der Waals surface area contributed by atoms with E-state index in [2.05, 4.69) is 4.98 Å². The molecular formula is C7H4Cl2F3N. The first-order valence-electron chi connectivity index (χ1n) is 3.22. The first-order chi connectivity index (χ1) is 5.82. The summed E-state index contributed by atoms with van der Waals surface area (Å²) in [7, 11) is 0. The lowest BCUT2D eigenvalue weighted by Crippen LogP contribution is -2.08. The monoisotopic (exact) mass is 229 g/mol. The average molecular weight is 230 g/mol. The predicted molar refractivity (Wildman–Crippen MR) is 44.0 cm³/mol. The highest BCUT2D eigenvalue weighted by atomic mass is 35.5. The minimum Gasteiger partial charge on any atom is -0.224 e. The van der Waals surface area contributed by atoms with Crippen LogP contribution in [0.3, 0.4) is 0 Å². The summed E-state index contributed by atoms with van der Waals surface area (Å²) < 4.78 is 36.8. The molecule has 0 amide bonds. The number of alkyl halides is 3. The van der Waals surface area contributed by atoms with Gasteiger partial charge in [0.25, 0.3) is 0 Å². The molecule has 1 aromatic heterocycles. The van der Waals surface area contributed by atoms with Crippen molar-refractivity contribution in [3.05, 3.63) is 27.5 Å². The fourth-order valence-electron chi connectivity index (χ4n) is 0.843. The van der Waals surface area contributed by atoms with Crippen LogP contribution in [-0.2, 0) is 6.18 Å². The SMILES string of the molecule is Cc1c(C(F)(F)F)cc(Cl)nc1Cl. The van der Waals surface area contributed by atoms with Crippen molar-refractivity contribution in [3.8, 4) is 0 Å². The Balaban J connectivity index is 3.37. The van der Waals surface area contributed by atoms with E-state index in [0.717, 1.165) is 6.07 Å². The molecule has 0 radical (unpaired) electrons. The molecule has 6 heteroatoms. The van der Waals surface area contributed by atoms with Gasteiger partial charge in [0.2, 0.25) is 0 Å². The number of hydrogen-bond donors (Lipinski definition) is 0. The van der Waals surface area contributed by atoms with E-state index in [9.17, 15) is 13.2 Å². The highest BCUT2D eigenvalue weighted by Crippen LogP contribution is 2.35. The van der Waals surface area contributed by atoms with E-state index in [1.165, 1.54) is 6.92 Å². The number of rotatable bonds is 0. The lowest BCUT2D eigenvalue weighted by molar-refractivity contribution is -0.138. The van der Waals surface area contributed by atoms with Crippen LogP contribution >= 0.6 is 23.2 Å². The molecule has 0 saturated heterocycles. The number of hydrogen-bond acceptors (Lipinski definition) is 1. The van der Waals surface area contributed by atoms with Crippen molar-refractivity contribution in [2.45, 2.75) is 13.1 Å². The van der Waals surface area contributed by atoms with Gasteiger partial charge < -0.3 is 0 Å². The number of nitrogens with zero attached hydrogens (tertiary/aromatic N) is 1. The standard InChI is InChI=1S/C7H4Cl2F3N/c1-3-4(7(10,11)12)2-5(8)13-6(3)9/h2H,1H3. The van der Waals surface area contributed by atoms with Gasteiger partial charge in [0.1, 0.15) is 10.3 Å². The van der Waals surface area contributed by atoms with E-state index >= 15 is 0 Å². The second-order valence-corrected chi connectivity index (χ2v) is 3.15. The van der Waals surface area contributed by atoms with Gasteiger partial charge in [0.15, 0.2) is 0 Å². The molecule has 0 unspecified atom stereocenters. The highest BCUT2D eigenvalue weighted by molar-refractivity contribution is 6.33. The Kier molecular flexibility index (Phi) is 2.73. The molecule has 0 aromatic carbocycles. The second-order valence-electron chi connectivity index (χ2n) is 2.41. The van der Waals surface area contributed by atoms with Crippen LogP contribution in [0.15, 0.2) is 6.07 Å². The lowest BCUT2D eigenvalue weighted by Gasteiger charge is -2.10. The van der Waals surface area contributed by atoms with Crippen molar-refractivity contribution in [2.24, 2.45) is 0 Å². The molecule has 1 nitrogen and oxygen atoms in total. The molecule has 1 rings (SSSR count). The Hall–Kier alpha value is -0.480. The summed E-state index contributed by atoms with van der Waals surface area (Å²) in [5, 5.41) is -0.484. The van der Waals surface area contributed by atoms with Crippen LogP contribution < -0.4 is 0 Å². The van der Waals surface area contributed by atoms with Crippen molar-refractivity contribution >= 4 is 23.2 Å². The highest BCUT2D eigenvalue weighted by Gasteiger charge is 2.33. The minimum absolute atomic E-state index is 0.112. The molecule has 0 fully saturated rings. The smallest absolute Gasteiger partial charge is 0.224 e. The molecule has 0 spiro atoms. The van der Waals surface area contributed by atoms with Crippen molar-refractivity contribution < 1.29 is 13.2 Å². The minimum atomic E-state index is -4.44. The average Bonchev–Trinajstić information content (AvgIpc) is 1.94. The maximum absolute atomic E-state index is 12.3. The summed E-state index contributed by atoms with van der Waals surface area (Å²) >= 11 is 10.8. The molecule has 0 atom stereocenters. The summed E-state index contributed by atoms with van der Waals surface area (Å²) in [6.07, 6.45) is -4.44. The topological polar surface area (TPSA) is 12.9 Å². The fraction of sp³-hybridized carbons (Fsp3) is 0.286. The molecule has 1 heterocycles. The largest absolute Gasteiger partial charge is 0.416 e. The van der Waals surface area contributed by atoms with Crippen LogP contribution in [0.4, 0.5) is 13.2 Å². The van der Waals surface area contributed by atoms with Gasteiger partial charge >= 0.3 is 6.18 Å². The predicted octanol–water partition coefficient (Wildman–Crippen LogP) is 3.72. The third-order valence-corrected chi connectivity index (χ3v) is 2.05. The Morgan fingerprint density at radius 3 is 2.31 bits per heavy atom. The summed E-state index contributed by atoms with van der Waals surface area (Å²) in [4.78, 5) is 3.48. The van der Waals surface area contributed by atoms with Crippen LogP contribution in [0.25, 0.3) is 0 Å². The van der Waals surface area contributed by atoms with Crippen molar-refractivity contribution in [3.63, 3.8) is 0 Å². The van der Waals surface area contributed by atoms with Gasteiger partial charge in [-0.05, 0) is 18.6 Å². The Morgan fingerprint density at radius 2 is 1.85 bits per heavy atom. The van der Waals surface area contributed by atoms with Crippen molar-refractivity contribution in [2.75, 3.05) is 0 Å².